The maximum Gasteiger partial charge on any atom is 0.341 e. The summed E-state index contributed by atoms with van der Waals surface area (Å²) in [5.74, 6) is -3.19. The zero-order chi connectivity index (χ0) is 29.8. The normalized spacial score (nSPS) is 13.1. The Morgan fingerprint density at radius 3 is 2.02 bits per heavy atom. The van der Waals surface area contributed by atoms with Gasteiger partial charge in [-0.05, 0) is 43.5 Å². The summed E-state index contributed by atoms with van der Waals surface area (Å²) in [6, 6.07) is 10.2. The van der Waals surface area contributed by atoms with Crippen molar-refractivity contribution >= 4 is 52.7 Å². The SMILES string of the molecule is CCCC[C@H](NC(=O)[C@H](C)NC(=O)[C@@H](NC(=O)c1ccccc1)C(C)C)C(=O)COC(=O)c1c(Cl)cccc1Cl. The molecule has 0 saturated carbocycles. The van der Waals surface area contributed by atoms with Crippen molar-refractivity contribution in [3.05, 3.63) is 69.7 Å². The highest BCUT2D eigenvalue weighted by Crippen LogP contribution is 2.25. The fourth-order valence-electron chi connectivity index (χ4n) is 3.74. The molecule has 216 valence electrons. The summed E-state index contributed by atoms with van der Waals surface area (Å²) in [5.41, 5.74) is 0.352. The minimum absolute atomic E-state index is 0.0526. The summed E-state index contributed by atoms with van der Waals surface area (Å²) in [7, 11) is 0. The number of unbranched alkanes of at least 4 members (excludes halogenated alkanes) is 1. The Morgan fingerprint density at radius 2 is 1.45 bits per heavy atom. The number of ether oxygens (including phenoxy) is 1. The monoisotopic (exact) mass is 591 g/mol. The average molecular weight is 593 g/mol. The van der Waals surface area contributed by atoms with Crippen LogP contribution in [0.1, 0.15) is 67.7 Å². The highest BCUT2D eigenvalue weighted by atomic mass is 35.5. The Kier molecular flexibility index (Phi) is 13.1. The van der Waals surface area contributed by atoms with Crippen LogP contribution in [-0.2, 0) is 19.1 Å². The Bertz CT molecular complexity index is 1190. The van der Waals surface area contributed by atoms with Gasteiger partial charge in [0, 0.05) is 5.56 Å². The molecule has 3 atom stereocenters. The van der Waals surface area contributed by atoms with E-state index in [0.29, 0.717) is 18.4 Å². The number of esters is 1. The molecule has 9 nitrogen and oxygen atoms in total. The number of ketones is 1. The standard InChI is InChI=1S/C29H35Cl2N3O6/c1-5-6-15-22(23(35)16-40-29(39)24-20(30)13-10-14-21(24)31)33-26(36)18(4)32-28(38)25(17(2)3)34-27(37)19-11-8-7-9-12-19/h7-14,17-18,22,25H,5-6,15-16H2,1-4H3,(H,32,38)(H,33,36)(H,34,37)/t18-,22-,25-/m0/s1. The second kappa shape index (κ2) is 16.0. The van der Waals surface area contributed by atoms with Crippen LogP contribution < -0.4 is 16.0 Å². The topological polar surface area (TPSA) is 131 Å². The van der Waals surface area contributed by atoms with E-state index < -0.39 is 54.2 Å². The van der Waals surface area contributed by atoms with Crippen LogP contribution in [0.5, 0.6) is 0 Å². The van der Waals surface area contributed by atoms with Crippen LogP contribution in [0.4, 0.5) is 0 Å². The molecule has 0 aromatic heterocycles. The van der Waals surface area contributed by atoms with Crippen molar-refractivity contribution in [2.45, 2.75) is 65.1 Å². The van der Waals surface area contributed by atoms with Crippen molar-refractivity contribution in [1.82, 2.24) is 16.0 Å². The van der Waals surface area contributed by atoms with E-state index in [4.69, 9.17) is 27.9 Å². The predicted octanol–water partition coefficient (Wildman–Crippen LogP) is 4.35. The number of halogens is 2. The van der Waals surface area contributed by atoms with E-state index in [9.17, 15) is 24.0 Å². The van der Waals surface area contributed by atoms with Crippen LogP contribution in [-0.4, -0.2) is 54.2 Å². The minimum Gasteiger partial charge on any atom is -0.454 e. The fraction of sp³-hybridized carbons (Fsp3) is 0.414. The molecule has 0 saturated heterocycles. The summed E-state index contributed by atoms with van der Waals surface area (Å²) in [6.45, 7) is 6.36. The first-order chi connectivity index (χ1) is 19.0. The number of rotatable bonds is 14. The summed E-state index contributed by atoms with van der Waals surface area (Å²) >= 11 is 12.1. The molecule has 0 bridgehead atoms. The lowest BCUT2D eigenvalue weighted by Crippen LogP contribution is -2.56. The van der Waals surface area contributed by atoms with Crippen LogP contribution in [0.3, 0.4) is 0 Å². The van der Waals surface area contributed by atoms with Gasteiger partial charge in [-0.3, -0.25) is 19.2 Å². The van der Waals surface area contributed by atoms with Crippen molar-refractivity contribution in [2.24, 2.45) is 5.92 Å². The van der Waals surface area contributed by atoms with Gasteiger partial charge in [-0.15, -0.1) is 0 Å². The second-order valence-corrected chi connectivity index (χ2v) is 10.4. The van der Waals surface area contributed by atoms with E-state index in [-0.39, 0.29) is 21.5 Å². The molecule has 2 aromatic rings. The zero-order valence-corrected chi connectivity index (χ0v) is 24.5. The van der Waals surface area contributed by atoms with Gasteiger partial charge in [-0.25, -0.2) is 4.79 Å². The third kappa shape index (κ3) is 9.64. The smallest absolute Gasteiger partial charge is 0.341 e. The maximum absolute atomic E-state index is 13.0. The molecule has 3 N–H and O–H groups in total. The van der Waals surface area contributed by atoms with Gasteiger partial charge in [0.25, 0.3) is 5.91 Å². The van der Waals surface area contributed by atoms with Crippen LogP contribution in [0.15, 0.2) is 48.5 Å². The van der Waals surface area contributed by atoms with Crippen molar-refractivity contribution in [1.29, 1.82) is 0 Å². The van der Waals surface area contributed by atoms with E-state index in [1.165, 1.54) is 19.1 Å². The summed E-state index contributed by atoms with van der Waals surface area (Å²) in [5, 5.41) is 8.14. The largest absolute Gasteiger partial charge is 0.454 e. The first kappa shape index (κ1) is 32.8. The first-order valence-electron chi connectivity index (χ1n) is 13.1. The Hall–Kier alpha value is -3.43. The van der Waals surface area contributed by atoms with E-state index in [2.05, 4.69) is 16.0 Å². The van der Waals surface area contributed by atoms with Gasteiger partial charge in [0.05, 0.1) is 21.7 Å². The van der Waals surface area contributed by atoms with Crippen molar-refractivity contribution in [3.8, 4) is 0 Å². The average Bonchev–Trinajstić information content (AvgIpc) is 2.92. The Morgan fingerprint density at radius 1 is 0.825 bits per heavy atom. The van der Waals surface area contributed by atoms with Gasteiger partial charge in [0.1, 0.15) is 12.1 Å². The van der Waals surface area contributed by atoms with Crippen molar-refractivity contribution in [3.63, 3.8) is 0 Å². The van der Waals surface area contributed by atoms with E-state index in [0.717, 1.165) is 6.42 Å². The summed E-state index contributed by atoms with van der Waals surface area (Å²) < 4.78 is 5.13. The lowest BCUT2D eigenvalue weighted by molar-refractivity contribution is -0.132. The molecule has 0 radical (unpaired) electrons. The second-order valence-electron chi connectivity index (χ2n) is 9.63. The highest BCUT2D eigenvalue weighted by molar-refractivity contribution is 6.39. The molecule has 0 aliphatic carbocycles. The molecule has 0 fully saturated rings. The molecular weight excluding hydrogens is 557 g/mol. The Balaban J connectivity index is 2.01. The van der Waals surface area contributed by atoms with E-state index in [1.54, 1.807) is 50.2 Å². The van der Waals surface area contributed by atoms with Gasteiger partial charge in [-0.2, -0.15) is 0 Å². The molecule has 11 heteroatoms. The summed E-state index contributed by atoms with van der Waals surface area (Å²) in [6.07, 6.45) is 1.70. The number of Topliss-reactive ketones (excluding diaryl/α,β-unsaturated/α-hetero) is 1. The fourth-order valence-corrected chi connectivity index (χ4v) is 4.29. The predicted molar refractivity (Wildman–Crippen MR) is 153 cm³/mol. The molecular formula is C29H35Cl2N3O6. The molecule has 0 unspecified atom stereocenters. The third-order valence-corrected chi connectivity index (χ3v) is 6.72. The van der Waals surface area contributed by atoms with Gasteiger partial charge < -0.3 is 20.7 Å². The molecule has 0 aliphatic heterocycles. The Labute approximate surface area is 244 Å². The number of hydrogen-bond acceptors (Lipinski definition) is 6. The highest BCUT2D eigenvalue weighted by Gasteiger charge is 2.29. The number of hydrogen-bond donors (Lipinski definition) is 3. The van der Waals surface area contributed by atoms with Gasteiger partial charge in [0.2, 0.25) is 11.8 Å². The molecule has 0 aliphatic rings. The van der Waals surface area contributed by atoms with E-state index >= 15 is 0 Å². The first-order valence-corrected chi connectivity index (χ1v) is 13.8. The van der Waals surface area contributed by atoms with Crippen molar-refractivity contribution in [2.75, 3.05) is 6.61 Å². The van der Waals surface area contributed by atoms with E-state index in [1.807, 2.05) is 6.92 Å². The number of amides is 3. The van der Waals surface area contributed by atoms with Crippen molar-refractivity contribution < 1.29 is 28.7 Å². The summed E-state index contributed by atoms with van der Waals surface area (Å²) in [4.78, 5) is 63.8. The lowest BCUT2D eigenvalue weighted by atomic mass is 10.0. The molecule has 0 heterocycles. The van der Waals surface area contributed by atoms with Crippen LogP contribution >= 0.6 is 23.2 Å². The van der Waals surface area contributed by atoms with Gasteiger partial charge in [0.15, 0.2) is 12.4 Å². The number of nitrogens with one attached hydrogen (secondary N) is 3. The van der Waals surface area contributed by atoms with Crippen LogP contribution in [0.2, 0.25) is 10.0 Å². The van der Waals surface area contributed by atoms with Gasteiger partial charge >= 0.3 is 5.97 Å². The quantitative estimate of drug-likeness (QED) is 0.280. The number of carbonyl (C=O) groups excluding carboxylic acids is 5. The maximum atomic E-state index is 13.0. The van der Waals surface area contributed by atoms with Gasteiger partial charge in [-0.1, -0.05) is 81.1 Å². The molecule has 2 aromatic carbocycles. The number of carbonyl (C=O) groups is 5. The molecule has 0 spiro atoms. The number of benzene rings is 2. The van der Waals surface area contributed by atoms with Crippen LogP contribution in [0, 0.1) is 5.92 Å². The van der Waals surface area contributed by atoms with Crippen LogP contribution in [0.25, 0.3) is 0 Å². The molecule has 2 rings (SSSR count). The lowest BCUT2D eigenvalue weighted by Gasteiger charge is -2.25. The third-order valence-electron chi connectivity index (χ3n) is 6.09. The zero-order valence-electron chi connectivity index (χ0n) is 23.0. The molecule has 40 heavy (non-hydrogen) atoms. The minimum atomic E-state index is -1.01. The molecule has 3 amide bonds.